The monoisotopic (exact) mass is 245 g/mol. The summed E-state index contributed by atoms with van der Waals surface area (Å²) in [6.45, 7) is 3.99. The number of nitrogens with one attached hydrogen (secondary N) is 1. The molecule has 0 aliphatic heterocycles. The SMILES string of the molecule is COc1cc(C(C)C)ccc1S(=O)(=O)NO. The van der Waals surface area contributed by atoms with Gasteiger partial charge in [-0.1, -0.05) is 24.8 Å². The van der Waals surface area contributed by atoms with Crippen molar-refractivity contribution in [3.8, 4) is 5.75 Å². The Hall–Kier alpha value is -1.11. The van der Waals surface area contributed by atoms with Crippen molar-refractivity contribution in [1.82, 2.24) is 4.89 Å². The number of ether oxygens (including phenoxy) is 1. The van der Waals surface area contributed by atoms with Crippen LogP contribution in [0.1, 0.15) is 25.3 Å². The summed E-state index contributed by atoms with van der Waals surface area (Å²) < 4.78 is 27.8. The molecule has 1 aromatic carbocycles. The van der Waals surface area contributed by atoms with E-state index in [2.05, 4.69) is 0 Å². The normalized spacial score (nSPS) is 11.8. The highest BCUT2D eigenvalue weighted by atomic mass is 32.2. The molecule has 0 spiro atoms. The number of hydrogen-bond donors (Lipinski definition) is 2. The predicted molar refractivity (Wildman–Crippen MR) is 59.2 cm³/mol. The topological polar surface area (TPSA) is 75.6 Å². The Balaban J connectivity index is 3.33. The molecule has 1 aromatic rings. The van der Waals surface area contributed by atoms with Gasteiger partial charge in [0.1, 0.15) is 10.6 Å². The molecular weight excluding hydrogens is 230 g/mol. The maximum Gasteiger partial charge on any atom is 0.265 e. The van der Waals surface area contributed by atoms with Crippen molar-refractivity contribution in [3.05, 3.63) is 23.8 Å². The minimum Gasteiger partial charge on any atom is -0.495 e. The van der Waals surface area contributed by atoms with Crippen LogP contribution in [0.4, 0.5) is 0 Å². The van der Waals surface area contributed by atoms with E-state index in [9.17, 15) is 8.42 Å². The molecule has 0 atom stereocenters. The van der Waals surface area contributed by atoms with E-state index >= 15 is 0 Å². The van der Waals surface area contributed by atoms with E-state index in [1.54, 1.807) is 12.1 Å². The van der Waals surface area contributed by atoms with Gasteiger partial charge in [-0.2, -0.15) is 0 Å². The van der Waals surface area contributed by atoms with Crippen LogP contribution in [0, 0.1) is 0 Å². The van der Waals surface area contributed by atoms with Gasteiger partial charge in [-0.05, 0) is 23.6 Å². The van der Waals surface area contributed by atoms with Crippen LogP contribution in [-0.4, -0.2) is 20.7 Å². The third kappa shape index (κ3) is 2.52. The summed E-state index contributed by atoms with van der Waals surface area (Å²) in [6, 6.07) is 4.75. The van der Waals surface area contributed by atoms with E-state index < -0.39 is 10.0 Å². The van der Waals surface area contributed by atoms with Crippen molar-refractivity contribution >= 4 is 10.0 Å². The van der Waals surface area contributed by atoms with Crippen LogP contribution in [0.25, 0.3) is 0 Å². The van der Waals surface area contributed by atoms with Gasteiger partial charge in [0, 0.05) is 0 Å². The number of methoxy groups -OCH3 is 1. The van der Waals surface area contributed by atoms with Crippen molar-refractivity contribution in [2.45, 2.75) is 24.7 Å². The first-order valence-corrected chi connectivity index (χ1v) is 6.24. The minimum atomic E-state index is -3.90. The quantitative estimate of drug-likeness (QED) is 0.788. The van der Waals surface area contributed by atoms with Crippen LogP contribution >= 0.6 is 0 Å². The van der Waals surface area contributed by atoms with E-state index in [-0.39, 0.29) is 16.6 Å². The molecule has 6 heteroatoms. The van der Waals surface area contributed by atoms with Gasteiger partial charge in [0.25, 0.3) is 10.0 Å². The van der Waals surface area contributed by atoms with Gasteiger partial charge < -0.3 is 9.94 Å². The molecule has 16 heavy (non-hydrogen) atoms. The molecule has 0 aliphatic carbocycles. The Bertz CT molecular complexity index is 468. The summed E-state index contributed by atoms with van der Waals surface area (Å²) in [7, 11) is -2.52. The average Bonchev–Trinajstić information content (AvgIpc) is 2.28. The fourth-order valence-corrected chi connectivity index (χ4v) is 2.07. The van der Waals surface area contributed by atoms with Gasteiger partial charge in [0.15, 0.2) is 0 Å². The second kappa shape index (κ2) is 4.82. The number of benzene rings is 1. The number of rotatable bonds is 4. The van der Waals surface area contributed by atoms with E-state index in [0.717, 1.165) is 5.56 Å². The summed E-state index contributed by atoms with van der Waals surface area (Å²) in [5, 5.41) is 8.55. The van der Waals surface area contributed by atoms with Gasteiger partial charge >= 0.3 is 0 Å². The predicted octanol–water partition coefficient (Wildman–Crippen LogP) is 1.49. The van der Waals surface area contributed by atoms with Crippen molar-refractivity contribution < 1.29 is 18.4 Å². The van der Waals surface area contributed by atoms with Crippen LogP contribution < -0.4 is 9.62 Å². The highest BCUT2D eigenvalue weighted by Crippen LogP contribution is 2.27. The highest BCUT2D eigenvalue weighted by molar-refractivity contribution is 7.89. The van der Waals surface area contributed by atoms with E-state index in [1.165, 1.54) is 18.1 Å². The minimum absolute atomic E-state index is 0.0816. The molecule has 1 rings (SSSR count). The molecule has 0 amide bonds. The summed E-state index contributed by atoms with van der Waals surface area (Å²) in [6.07, 6.45) is 0. The van der Waals surface area contributed by atoms with Crippen molar-refractivity contribution in [2.24, 2.45) is 0 Å². The Morgan fingerprint density at radius 1 is 1.38 bits per heavy atom. The molecule has 0 radical (unpaired) electrons. The first kappa shape index (κ1) is 13.0. The zero-order chi connectivity index (χ0) is 12.3. The van der Waals surface area contributed by atoms with Gasteiger partial charge in [0.2, 0.25) is 0 Å². The Morgan fingerprint density at radius 3 is 2.44 bits per heavy atom. The Kier molecular flexibility index (Phi) is 3.90. The summed E-state index contributed by atoms with van der Waals surface area (Å²) in [5.74, 6) is 0.487. The largest absolute Gasteiger partial charge is 0.495 e. The second-order valence-corrected chi connectivity index (χ2v) is 5.29. The molecule has 5 nitrogen and oxygen atoms in total. The van der Waals surface area contributed by atoms with E-state index in [4.69, 9.17) is 9.94 Å². The standard InChI is InChI=1S/C10H15NO4S/c1-7(2)8-4-5-10(9(6-8)15-3)16(13,14)11-12/h4-7,11-12H,1-3H3. The maximum absolute atomic E-state index is 11.4. The summed E-state index contributed by atoms with van der Waals surface area (Å²) >= 11 is 0. The zero-order valence-electron chi connectivity index (χ0n) is 9.39. The lowest BCUT2D eigenvalue weighted by Crippen LogP contribution is -2.20. The van der Waals surface area contributed by atoms with Crippen LogP contribution in [0.15, 0.2) is 23.1 Å². The number of sulfonamides is 1. The summed E-state index contributed by atoms with van der Waals surface area (Å²) in [4.78, 5) is 1.19. The van der Waals surface area contributed by atoms with Crippen LogP contribution in [-0.2, 0) is 10.0 Å². The van der Waals surface area contributed by atoms with Crippen LogP contribution in [0.2, 0.25) is 0 Å². The van der Waals surface area contributed by atoms with E-state index in [1.807, 2.05) is 13.8 Å². The first-order chi connectivity index (χ1) is 7.42. The fourth-order valence-electron chi connectivity index (χ4n) is 1.31. The summed E-state index contributed by atoms with van der Waals surface area (Å²) in [5.41, 5.74) is 0.966. The lowest BCUT2D eigenvalue weighted by Gasteiger charge is -2.11. The molecule has 0 bridgehead atoms. The molecule has 0 aromatic heterocycles. The lowest BCUT2D eigenvalue weighted by atomic mass is 10.0. The first-order valence-electron chi connectivity index (χ1n) is 4.76. The zero-order valence-corrected chi connectivity index (χ0v) is 10.2. The number of hydrogen-bond acceptors (Lipinski definition) is 4. The highest BCUT2D eigenvalue weighted by Gasteiger charge is 2.19. The van der Waals surface area contributed by atoms with Crippen molar-refractivity contribution in [3.63, 3.8) is 0 Å². The molecule has 0 saturated carbocycles. The van der Waals surface area contributed by atoms with Crippen molar-refractivity contribution in [2.75, 3.05) is 7.11 Å². The van der Waals surface area contributed by atoms with Gasteiger partial charge in [0.05, 0.1) is 7.11 Å². The lowest BCUT2D eigenvalue weighted by molar-refractivity contribution is 0.242. The van der Waals surface area contributed by atoms with Gasteiger partial charge in [-0.15, -0.1) is 0 Å². The third-order valence-corrected chi connectivity index (χ3v) is 3.42. The van der Waals surface area contributed by atoms with Gasteiger partial charge in [-0.3, -0.25) is 0 Å². The molecule has 0 saturated heterocycles. The van der Waals surface area contributed by atoms with Crippen molar-refractivity contribution in [1.29, 1.82) is 0 Å². The van der Waals surface area contributed by atoms with Crippen LogP contribution in [0.5, 0.6) is 5.75 Å². The molecule has 2 N–H and O–H groups in total. The molecule has 0 aliphatic rings. The molecule has 0 heterocycles. The third-order valence-electron chi connectivity index (χ3n) is 2.26. The smallest absolute Gasteiger partial charge is 0.265 e. The van der Waals surface area contributed by atoms with Gasteiger partial charge in [-0.25, -0.2) is 8.42 Å². The molecule has 0 fully saturated rings. The maximum atomic E-state index is 11.4. The average molecular weight is 245 g/mol. The molecule has 0 unspecified atom stereocenters. The fraction of sp³-hybridized carbons (Fsp3) is 0.400. The van der Waals surface area contributed by atoms with Crippen LogP contribution in [0.3, 0.4) is 0 Å². The molecular formula is C10H15NO4S. The van der Waals surface area contributed by atoms with E-state index in [0.29, 0.717) is 0 Å². The second-order valence-electron chi connectivity index (χ2n) is 3.66. The molecule has 90 valence electrons. The Morgan fingerprint density at radius 2 is 2.00 bits per heavy atom. The Labute approximate surface area is 95.1 Å².